The summed E-state index contributed by atoms with van der Waals surface area (Å²) in [5.41, 5.74) is -0.0411. The molecule has 0 saturated carbocycles. The van der Waals surface area contributed by atoms with Crippen molar-refractivity contribution in [2.45, 2.75) is 26.7 Å². The molecular formula is C10H18O5. The third-order valence-electron chi connectivity index (χ3n) is 1.57. The molecule has 0 rings (SSSR count). The van der Waals surface area contributed by atoms with Gasteiger partial charge >= 0.3 is 11.9 Å². The van der Waals surface area contributed by atoms with Gasteiger partial charge in [0, 0.05) is 6.92 Å². The van der Waals surface area contributed by atoms with Crippen molar-refractivity contribution in [1.29, 1.82) is 0 Å². The molecule has 1 N–H and O–H groups in total. The summed E-state index contributed by atoms with van der Waals surface area (Å²) in [5, 5.41) is 8.68. The van der Waals surface area contributed by atoms with Crippen LogP contribution in [-0.2, 0) is 19.0 Å². The standard InChI is InChI=1S/C10H18O5/c1-5-13-10(4,14-6-2)15-9(12)8(3)7-11/h11H,3,5-7H2,1-2,4H3. The fourth-order valence-electron chi connectivity index (χ4n) is 0.930. The highest BCUT2D eigenvalue weighted by atomic mass is 16.9. The van der Waals surface area contributed by atoms with Gasteiger partial charge in [-0.25, -0.2) is 4.79 Å². The van der Waals surface area contributed by atoms with E-state index < -0.39 is 18.5 Å². The van der Waals surface area contributed by atoms with Crippen LogP contribution in [0.25, 0.3) is 0 Å². The van der Waals surface area contributed by atoms with E-state index in [1.807, 2.05) is 0 Å². The van der Waals surface area contributed by atoms with Gasteiger partial charge in [-0.15, -0.1) is 0 Å². The largest absolute Gasteiger partial charge is 0.405 e. The summed E-state index contributed by atoms with van der Waals surface area (Å²) in [6, 6.07) is 0. The van der Waals surface area contributed by atoms with Crippen LogP contribution in [0.5, 0.6) is 0 Å². The average Bonchev–Trinajstić information content (AvgIpc) is 2.16. The van der Waals surface area contributed by atoms with Gasteiger partial charge in [0.25, 0.3) is 0 Å². The zero-order chi connectivity index (χ0) is 11.9. The van der Waals surface area contributed by atoms with Gasteiger partial charge in [0.1, 0.15) is 0 Å². The molecule has 0 atom stereocenters. The van der Waals surface area contributed by atoms with Crippen LogP contribution in [0.3, 0.4) is 0 Å². The summed E-state index contributed by atoms with van der Waals surface area (Å²) < 4.78 is 15.2. The molecule has 0 amide bonds. The number of aliphatic hydroxyl groups excluding tert-OH is 1. The predicted molar refractivity (Wildman–Crippen MR) is 54.0 cm³/mol. The Bertz CT molecular complexity index is 218. The lowest BCUT2D eigenvalue weighted by atomic mass is 10.3. The maximum atomic E-state index is 11.3. The Morgan fingerprint density at radius 1 is 1.33 bits per heavy atom. The quantitative estimate of drug-likeness (QED) is 0.389. The molecule has 5 heteroatoms. The van der Waals surface area contributed by atoms with Gasteiger partial charge < -0.3 is 19.3 Å². The fraction of sp³-hybridized carbons (Fsp3) is 0.700. The van der Waals surface area contributed by atoms with E-state index in [0.29, 0.717) is 13.2 Å². The molecular weight excluding hydrogens is 200 g/mol. The zero-order valence-electron chi connectivity index (χ0n) is 9.41. The topological polar surface area (TPSA) is 65.0 Å². The van der Waals surface area contributed by atoms with Gasteiger partial charge in [-0.3, -0.25) is 0 Å². The van der Waals surface area contributed by atoms with Crippen molar-refractivity contribution >= 4 is 5.97 Å². The SMILES string of the molecule is C=C(CO)C(=O)OC(C)(OCC)OCC. The Morgan fingerprint density at radius 3 is 2.13 bits per heavy atom. The monoisotopic (exact) mass is 218 g/mol. The van der Waals surface area contributed by atoms with E-state index in [0.717, 1.165) is 0 Å². The second-order valence-electron chi connectivity index (χ2n) is 2.88. The van der Waals surface area contributed by atoms with Crippen LogP contribution in [0.2, 0.25) is 0 Å². The fourth-order valence-corrected chi connectivity index (χ4v) is 0.930. The molecule has 0 heterocycles. The lowest BCUT2D eigenvalue weighted by Gasteiger charge is -2.28. The summed E-state index contributed by atoms with van der Waals surface area (Å²) in [6.45, 7) is 8.58. The number of rotatable bonds is 7. The van der Waals surface area contributed by atoms with E-state index in [1.165, 1.54) is 6.92 Å². The van der Waals surface area contributed by atoms with Crippen molar-refractivity contribution in [3.8, 4) is 0 Å². The molecule has 15 heavy (non-hydrogen) atoms. The highest BCUT2D eigenvalue weighted by Crippen LogP contribution is 2.16. The van der Waals surface area contributed by atoms with Crippen LogP contribution in [0, 0.1) is 0 Å². The summed E-state index contributed by atoms with van der Waals surface area (Å²) in [5.74, 6) is -2.15. The van der Waals surface area contributed by atoms with E-state index in [2.05, 4.69) is 6.58 Å². The van der Waals surface area contributed by atoms with Crippen molar-refractivity contribution in [3.05, 3.63) is 12.2 Å². The van der Waals surface area contributed by atoms with E-state index in [4.69, 9.17) is 19.3 Å². The van der Waals surface area contributed by atoms with Gasteiger partial charge in [0.05, 0.1) is 25.4 Å². The third kappa shape index (κ3) is 4.92. The van der Waals surface area contributed by atoms with E-state index in [9.17, 15) is 4.79 Å². The van der Waals surface area contributed by atoms with E-state index in [1.54, 1.807) is 13.8 Å². The Morgan fingerprint density at radius 2 is 1.80 bits per heavy atom. The first kappa shape index (κ1) is 14.1. The Labute approximate surface area is 89.6 Å². The van der Waals surface area contributed by atoms with Crippen LogP contribution in [0.4, 0.5) is 0 Å². The maximum Gasteiger partial charge on any atom is 0.340 e. The molecule has 0 aliphatic heterocycles. The van der Waals surface area contributed by atoms with Gasteiger partial charge in [-0.2, -0.15) is 0 Å². The molecule has 0 spiro atoms. The molecule has 0 radical (unpaired) electrons. The number of carbonyl (C=O) groups is 1. The van der Waals surface area contributed by atoms with E-state index >= 15 is 0 Å². The van der Waals surface area contributed by atoms with Crippen molar-refractivity contribution in [1.82, 2.24) is 0 Å². The third-order valence-corrected chi connectivity index (χ3v) is 1.57. The second kappa shape index (κ2) is 6.55. The number of ether oxygens (including phenoxy) is 3. The number of carbonyl (C=O) groups excluding carboxylic acids is 1. The number of hydrogen-bond acceptors (Lipinski definition) is 5. The molecule has 0 fully saturated rings. The minimum Gasteiger partial charge on any atom is -0.405 e. The predicted octanol–water partition coefficient (Wildman–Crippen LogP) is 0.825. The minimum absolute atomic E-state index is 0.0411. The second-order valence-corrected chi connectivity index (χ2v) is 2.88. The van der Waals surface area contributed by atoms with Crippen LogP contribution in [0.1, 0.15) is 20.8 Å². The highest BCUT2D eigenvalue weighted by molar-refractivity contribution is 5.88. The molecule has 0 aromatic carbocycles. The zero-order valence-corrected chi connectivity index (χ0v) is 9.41. The summed E-state index contributed by atoms with van der Waals surface area (Å²) in [7, 11) is 0. The molecule has 0 aromatic heterocycles. The van der Waals surface area contributed by atoms with Gasteiger partial charge in [-0.1, -0.05) is 6.58 Å². The van der Waals surface area contributed by atoms with Crippen LogP contribution >= 0.6 is 0 Å². The molecule has 0 bridgehead atoms. The molecule has 0 aromatic rings. The van der Waals surface area contributed by atoms with Crippen LogP contribution in [0.15, 0.2) is 12.2 Å². The summed E-state index contributed by atoms with van der Waals surface area (Å²) in [6.07, 6.45) is 0. The first-order valence-electron chi connectivity index (χ1n) is 4.79. The lowest BCUT2D eigenvalue weighted by Crippen LogP contribution is -2.38. The highest BCUT2D eigenvalue weighted by Gasteiger charge is 2.30. The summed E-state index contributed by atoms with van der Waals surface area (Å²) >= 11 is 0. The molecule has 0 aliphatic carbocycles. The van der Waals surface area contributed by atoms with Crippen LogP contribution < -0.4 is 0 Å². The Balaban J connectivity index is 4.39. The normalized spacial score (nSPS) is 11.2. The average molecular weight is 218 g/mol. The first-order chi connectivity index (χ1) is 6.99. The van der Waals surface area contributed by atoms with Crippen molar-refractivity contribution in [2.75, 3.05) is 19.8 Å². The number of esters is 1. The smallest absolute Gasteiger partial charge is 0.340 e. The Kier molecular flexibility index (Phi) is 6.15. The lowest BCUT2D eigenvalue weighted by molar-refractivity contribution is -0.348. The molecule has 0 aliphatic rings. The van der Waals surface area contributed by atoms with E-state index in [-0.39, 0.29) is 5.57 Å². The summed E-state index contributed by atoms with van der Waals surface area (Å²) in [4.78, 5) is 11.3. The Hall–Kier alpha value is -0.910. The van der Waals surface area contributed by atoms with Crippen molar-refractivity contribution in [2.24, 2.45) is 0 Å². The van der Waals surface area contributed by atoms with Gasteiger partial charge in [0.15, 0.2) is 0 Å². The van der Waals surface area contributed by atoms with Crippen molar-refractivity contribution in [3.63, 3.8) is 0 Å². The first-order valence-corrected chi connectivity index (χ1v) is 4.79. The molecule has 0 saturated heterocycles. The van der Waals surface area contributed by atoms with Crippen LogP contribution in [-0.4, -0.2) is 36.9 Å². The molecule has 88 valence electrons. The maximum absolute atomic E-state index is 11.3. The van der Waals surface area contributed by atoms with Crippen molar-refractivity contribution < 1.29 is 24.1 Å². The number of aliphatic hydroxyl groups is 1. The molecule has 0 unspecified atom stereocenters. The number of hydrogen-bond donors (Lipinski definition) is 1. The van der Waals surface area contributed by atoms with Gasteiger partial charge in [0.2, 0.25) is 0 Å². The molecule has 5 nitrogen and oxygen atoms in total. The van der Waals surface area contributed by atoms with Gasteiger partial charge in [-0.05, 0) is 13.8 Å². The minimum atomic E-state index is -1.42.